The lowest BCUT2D eigenvalue weighted by molar-refractivity contribution is 0.0655. The van der Waals surface area contributed by atoms with E-state index in [1.54, 1.807) is 36.0 Å². The fourth-order valence-electron chi connectivity index (χ4n) is 3.33. The molecule has 0 bridgehead atoms. The summed E-state index contributed by atoms with van der Waals surface area (Å²) in [7, 11) is 0. The first kappa shape index (κ1) is 21.1. The first-order valence-corrected chi connectivity index (χ1v) is 11.3. The zero-order valence-electron chi connectivity index (χ0n) is 16.7. The number of thioether (sulfide) groups is 1. The summed E-state index contributed by atoms with van der Waals surface area (Å²) in [5, 5.41) is 6.88. The number of rotatable bonds is 7. The van der Waals surface area contributed by atoms with E-state index in [1.165, 1.54) is 4.90 Å². The highest BCUT2D eigenvalue weighted by molar-refractivity contribution is 7.99. The van der Waals surface area contributed by atoms with Crippen LogP contribution in [-0.2, 0) is 0 Å². The molecule has 2 amide bonds. The Balaban J connectivity index is 1.26. The molecule has 2 N–H and O–H groups in total. The Morgan fingerprint density at radius 2 is 1.42 bits per heavy atom. The molecule has 0 aromatic heterocycles. The molecule has 7 heteroatoms. The number of nitrogens with one attached hydrogen (secondary N) is 2. The normalized spacial score (nSPS) is 12.6. The molecule has 0 radical (unpaired) electrons. The third-order valence-corrected chi connectivity index (χ3v) is 6.08. The summed E-state index contributed by atoms with van der Waals surface area (Å²) in [6.07, 6.45) is 0.724. The molecular weight excluding hydrogens is 426 g/mol. The van der Waals surface area contributed by atoms with Crippen LogP contribution >= 0.6 is 24.0 Å². The van der Waals surface area contributed by atoms with Gasteiger partial charge in [0.15, 0.2) is 5.11 Å². The summed E-state index contributed by atoms with van der Waals surface area (Å²) < 4.78 is 0. The van der Waals surface area contributed by atoms with Crippen LogP contribution in [0.4, 0.5) is 11.4 Å². The Hall–Kier alpha value is -3.16. The zero-order chi connectivity index (χ0) is 21.6. The van der Waals surface area contributed by atoms with Gasteiger partial charge in [0.2, 0.25) is 0 Å². The lowest BCUT2D eigenvalue weighted by Crippen LogP contribution is -2.30. The highest BCUT2D eigenvalue weighted by Crippen LogP contribution is 2.25. The van der Waals surface area contributed by atoms with E-state index < -0.39 is 0 Å². The van der Waals surface area contributed by atoms with Crippen LogP contribution in [0.3, 0.4) is 0 Å². The summed E-state index contributed by atoms with van der Waals surface area (Å²) in [5.41, 5.74) is 2.83. The molecule has 3 aromatic carbocycles. The van der Waals surface area contributed by atoms with Crippen molar-refractivity contribution in [3.8, 4) is 0 Å². The van der Waals surface area contributed by atoms with E-state index in [2.05, 4.69) is 10.6 Å². The number of fused-ring (bicyclic) bond motifs is 1. The van der Waals surface area contributed by atoms with Crippen molar-refractivity contribution >= 4 is 52.3 Å². The number of thiocarbonyl (C=S) groups is 1. The van der Waals surface area contributed by atoms with Gasteiger partial charge in [-0.3, -0.25) is 14.5 Å². The van der Waals surface area contributed by atoms with Crippen molar-refractivity contribution in [3.63, 3.8) is 0 Å². The van der Waals surface area contributed by atoms with Gasteiger partial charge in [-0.2, -0.15) is 0 Å². The molecule has 0 unspecified atom stereocenters. The second-order valence-corrected chi connectivity index (χ2v) is 8.56. The minimum Gasteiger partial charge on any atom is -0.332 e. The van der Waals surface area contributed by atoms with E-state index in [-0.39, 0.29) is 11.8 Å². The van der Waals surface area contributed by atoms with Crippen LogP contribution in [0.25, 0.3) is 0 Å². The molecule has 0 atom stereocenters. The predicted octanol–water partition coefficient (Wildman–Crippen LogP) is 5.27. The van der Waals surface area contributed by atoms with Crippen molar-refractivity contribution in [1.82, 2.24) is 4.90 Å². The molecule has 0 aliphatic carbocycles. The van der Waals surface area contributed by atoms with Crippen molar-refractivity contribution in [2.24, 2.45) is 0 Å². The topological polar surface area (TPSA) is 61.4 Å². The monoisotopic (exact) mass is 447 g/mol. The van der Waals surface area contributed by atoms with Gasteiger partial charge in [0.1, 0.15) is 0 Å². The minimum atomic E-state index is -0.198. The standard InChI is InChI=1S/C24H21N3O2S2/c28-22-20-12-4-5-13-21(20)23(29)27(22)14-7-15-31-19-11-6-10-18(16-19)26-24(30)25-17-8-2-1-3-9-17/h1-6,8-13,16H,7,14-15H2,(H2,25,26,30). The first-order chi connectivity index (χ1) is 15.1. The zero-order valence-corrected chi connectivity index (χ0v) is 18.3. The van der Waals surface area contributed by atoms with E-state index in [1.807, 2.05) is 54.6 Å². The predicted molar refractivity (Wildman–Crippen MR) is 130 cm³/mol. The summed E-state index contributed by atoms with van der Waals surface area (Å²) in [4.78, 5) is 27.3. The molecular formula is C24H21N3O2S2. The largest absolute Gasteiger partial charge is 0.332 e. The van der Waals surface area contributed by atoms with Crippen LogP contribution in [0.15, 0.2) is 83.8 Å². The summed E-state index contributed by atoms with van der Waals surface area (Å²) >= 11 is 7.06. The summed E-state index contributed by atoms with van der Waals surface area (Å²) in [5.74, 6) is 0.399. The Kier molecular flexibility index (Phi) is 6.64. The number of carbonyl (C=O) groups excluding carboxylic acids is 2. The Labute approximate surface area is 190 Å². The number of anilines is 2. The van der Waals surface area contributed by atoms with Gasteiger partial charge < -0.3 is 10.6 Å². The van der Waals surface area contributed by atoms with E-state index in [0.29, 0.717) is 22.8 Å². The molecule has 0 fully saturated rings. The number of nitrogens with zero attached hydrogens (tertiary/aromatic N) is 1. The second-order valence-electron chi connectivity index (χ2n) is 6.98. The SMILES string of the molecule is O=C1c2ccccc2C(=O)N1CCCSc1cccc(NC(=S)Nc2ccccc2)c1. The van der Waals surface area contributed by atoms with Crippen LogP contribution in [0.1, 0.15) is 27.1 Å². The van der Waals surface area contributed by atoms with Gasteiger partial charge in [-0.25, -0.2) is 0 Å². The molecule has 0 saturated carbocycles. The number of imide groups is 1. The molecule has 4 rings (SSSR count). The Morgan fingerprint density at radius 3 is 2.13 bits per heavy atom. The van der Waals surface area contributed by atoms with Gasteiger partial charge in [-0.05, 0) is 66.9 Å². The second kappa shape index (κ2) is 9.76. The lowest BCUT2D eigenvalue weighted by Gasteiger charge is -2.14. The van der Waals surface area contributed by atoms with Crippen molar-refractivity contribution in [3.05, 3.63) is 90.0 Å². The maximum absolute atomic E-state index is 12.4. The molecule has 0 spiro atoms. The third kappa shape index (κ3) is 5.13. The van der Waals surface area contributed by atoms with E-state index in [9.17, 15) is 9.59 Å². The number of carbonyl (C=O) groups is 2. The molecule has 0 saturated heterocycles. The van der Waals surface area contributed by atoms with Gasteiger partial charge in [-0.15, -0.1) is 11.8 Å². The smallest absolute Gasteiger partial charge is 0.261 e. The highest BCUT2D eigenvalue weighted by atomic mass is 32.2. The Bertz CT molecular complexity index is 1080. The minimum absolute atomic E-state index is 0.198. The maximum atomic E-state index is 12.4. The summed E-state index contributed by atoms with van der Waals surface area (Å²) in [6, 6.07) is 24.7. The Morgan fingerprint density at radius 1 is 0.806 bits per heavy atom. The molecule has 31 heavy (non-hydrogen) atoms. The molecule has 1 heterocycles. The first-order valence-electron chi connectivity index (χ1n) is 9.93. The van der Waals surface area contributed by atoms with Crippen LogP contribution < -0.4 is 10.6 Å². The van der Waals surface area contributed by atoms with Crippen LogP contribution in [-0.4, -0.2) is 34.1 Å². The number of benzene rings is 3. The van der Waals surface area contributed by atoms with E-state index in [4.69, 9.17) is 12.2 Å². The van der Waals surface area contributed by atoms with E-state index in [0.717, 1.165) is 28.4 Å². The molecule has 1 aliphatic rings. The number of para-hydroxylation sites is 1. The van der Waals surface area contributed by atoms with Crippen molar-refractivity contribution in [2.75, 3.05) is 22.9 Å². The summed E-state index contributed by atoms with van der Waals surface area (Å²) in [6.45, 7) is 0.419. The third-order valence-electron chi connectivity index (χ3n) is 4.80. The maximum Gasteiger partial charge on any atom is 0.261 e. The average molecular weight is 448 g/mol. The average Bonchev–Trinajstić information content (AvgIpc) is 3.02. The van der Waals surface area contributed by atoms with Gasteiger partial charge in [0.05, 0.1) is 11.1 Å². The van der Waals surface area contributed by atoms with E-state index >= 15 is 0 Å². The molecule has 3 aromatic rings. The molecule has 1 aliphatic heterocycles. The highest BCUT2D eigenvalue weighted by Gasteiger charge is 2.34. The lowest BCUT2D eigenvalue weighted by atomic mass is 10.1. The van der Waals surface area contributed by atoms with Crippen molar-refractivity contribution in [2.45, 2.75) is 11.3 Å². The molecule has 5 nitrogen and oxygen atoms in total. The van der Waals surface area contributed by atoms with Crippen LogP contribution in [0.2, 0.25) is 0 Å². The van der Waals surface area contributed by atoms with Gasteiger partial charge >= 0.3 is 0 Å². The fraction of sp³-hybridized carbons (Fsp3) is 0.125. The van der Waals surface area contributed by atoms with Crippen LogP contribution in [0, 0.1) is 0 Å². The van der Waals surface area contributed by atoms with Gasteiger partial charge in [0.25, 0.3) is 11.8 Å². The number of hydrogen-bond acceptors (Lipinski definition) is 4. The van der Waals surface area contributed by atoms with Gasteiger partial charge in [0, 0.05) is 22.8 Å². The number of amides is 2. The number of hydrogen-bond donors (Lipinski definition) is 2. The fourth-order valence-corrected chi connectivity index (χ4v) is 4.46. The quantitative estimate of drug-likeness (QED) is 0.223. The van der Waals surface area contributed by atoms with Crippen molar-refractivity contribution in [1.29, 1.82) is 0 Å². The molecule has 156 valence electrons. The van der Waals surface area contributed by atoms with Crippen LogP contribution in [0.5, 0.6) is 0 Å². The van der Waals surface area contributed by atoms with Gasteiger partial charge in [-0.1, -0.05) is 36.4 Å². The van der Waals surface area contributed by atoms with Crippen molar-refractivity contribution < 1.29 is 9.59 Å².